The zero-order valence-corrected chi connectivity index (χ0v) is 11.3. The first-order valence-corrected chi connectivity index (χ1v) is 5.80. The molecule has 2 heterocycles. The second kappa shape index (κ2) is 4.14. The van der Waals surface area contributed by atoms with E-state index in [0.717, 1.165) is 0 Å². The van der Waals surface area contributed by atoms with E-state index in [4.69, 9.17) is 13.7 Å². The number of carbonyl (C=O) groups is 1. The molecule has 1 aliphatic rings. The molecule has 0 spiro atoms. The maximum Gasteiger partial charge on any atom is 0.532 e. The molecule has 98 valence electrons. The number of furan rings is 1. The maximum absolute atomic E-state index is 11.3. The van der Waals surface area contributed by atoms with Gasteiger partial charge in [0.05, 0.1) is 18.3 Å². The van der Waals surface area contributed by atoms with Gasteiger partial charge in [0.25, 0.3) is 0 Å². The van der Waals surface area contributed by atoms with E-state index in [1.54, 1.807) is 12.1 Å². The molecule has 0 unspecified atom stereocenters. The third-order valence-corrected chi connectivity index (χ3v) is 3.50. The van der Waals surface area contributed by atoms with Gasteiger partial charge in [0.15, 0.2) is 0 Å². The van der Waals surface area contributed by atoms with Crippen LogP contribution in [-0.4, -0.2) is 31.4 Å². The molecule has 0 N–H and O–H groups in total. The molecule has 1 aliphatic heterocycles. The van der Waals surface area contributed by atoms with Crippen molar-refractivity contribution in [2.24, 2.45) is 0 Å². The van der Waals surface area contributed by atoms with Gasteiger partial charge in [0.1, 0.15) is 5.66 Å². The van der Waals surface area contributed by atoms with E-state index in [0.29, 0.717) is 5.66 Å². The first-order valence-electron chi connectivity index (χ1n) is 5.80. The quantitative estimate of drug-likeness (QED) is 0.587. The van der Waals surface area contributed by atoms with Crippen molar-refractivity contribution in [3.05, 3.63) is 17.9 Å². The first kappa shape index (κ1) is 13.2. The number of esters is 1. The molecule has 2 rings (SSSR count). The third kappa shape index (κ3) is 2.06. The van der Waals surface area contributed by atoms with E-state index in [1.165, 1.54) is 7.11 Å². The molecule has 0 saturated carbocycles. The minimum absolute atomic E-state index is 0.141. The van der Waals surface area contributed by atoms with Crippen LogP contribution in [0.15, 0.2) is 16.5 Å². The summed E-state index contributed by atoms with van der Waals surface area (Å²) in [7, 11) is 0.702. The van der Waals surface area contributed by atoms with Gasteiger partial charge in [-0.3, -0.25) is 0 Å². The normalized spacial score (nSPS) is 21.1. The molecular weight excluding hydrogens is 235 g/mol. The molecule has 5 nitrogen and oxygen atoms in total. The fourth-order valence-corrected chi connectivity index (χ4v) is 1.65. The van der Waals surface area contributed by atoms with Gasteiger partial charge in [-0.15, -0.1) is 0 Å². The van der Waals surface area contributed by atoms with Gasteiger partial charge in [-0.05, 0) is 39.8 Å². The Morgan fingerprint density at radius 1 is 1.17 bits per heavy atom. The summed E-state index contributed by atoms with van der Waals surface area (Å²) in [5, 5.41) is 0. The molecule has 1 fully saturated rings. The highest BCUT2D eigenvalue weighted by Crippen LogP contribution is 2.36. The van der Waals surface area contributed by atoms with E-state index in [1.807, 2.05) is 27.7 Å². The predicted octanol–water partition coefficient (Wildman–Crippen LogP) is 1.37. The smallest absolute Gasteiger partial charge is 0.463 e. The Labute approximate surface area is 107 Å². The van der Waals surface area contributed by atoms with Crippen LogP contribution in [0.4, 0.5) is 0 Å². The van der Waals surface area contributed by atoms with Crippen molar-refractivity contribution < 1.29 is 23.3 Å². The minimum atomic E-state index is -0.603. The molecule has 0 aromatic carbocycles. The predicted molar refractivity (Wildman–Crippen MR) is 65.8 cm³/mol. The summed E-state index contributed by atoms with van der Waals surface area (Å²) in [4.78, 5) is 11.3. The van der Waals surface area contributed by atoms with Crippen LogP contribution in [0.2, 0.25) is 0 Å². The molecule has 0 atom stereocenters. The molecular formula is C12H17BO5. The summed E-state index contributed by atoms with van der Waals surface area (Å²) in [6.07, 6.45) is 0. The van der Waals surface area contributed by atoms with Crippen LogP contribution in [0.1, 0.15) is 38.2 Å². The number of hydrogen-bond acceptors (Lipinski definition) is 5. The highest BCUT2D eigenvalue weighted by molar-refractivity contribution is 6.60. The lowest BCUT2D eigenvalue weighted by Gasteiger charge is -2.32. The van der Waals surface area contributed by atoms with Gasteiger partial charge < -0.3 is 18.5 Å². The average Bonchev–Trinajstić information content (AvgIpc) is 2.82. The van der Waals surface area contributed by atoms with Crippen LogP contribution in [0.3, 0.4) is 0 Å². The highest BCUT2D eigenvalue weighted by Gasteiger charge is 2.53. The standard InChI is InChI=1S/C12H17BO5/c1-11(2)12(3,4)18-13(17-11)9-7-6-8(16-9)10(14)15-5/h6-7H,1-5H3. The van der Waals surface area contributed by atoms with Crippen molar-refractivity contribution in [3.63, 3.8) is 0 Å². The maximum atomic E-state index is 11.3. The molecule has 1 aromatic heterocycles. The number of carbonyl (C=O) groups excluding carboxylic acids is 1. The summed E-state index contributed by atoms with van der Waals surface area (Å²) in [6, 6.07) is 3.21. The van der Waals surface area contributed by atoms with Crippen LogP contribution in [0.25, 0.3) is 0 Å². The van der Waals surface area contributed by atoms with Crippen molar-refractivity contribution in [1.29, 1.82) is 0 Å². The lowest BCUT2D eigenvalue weighted by Crippen LogP contribution is -2.41. The van der Waals surface area contributed by atoms with E-state index in [2.05, 4.69) is 4.74 Å². The Balaban J connectivity index is 2.20. The van der Waals surface area contributed by atoms with Crippen LogP contribution < -0.4 is 5.66 Å². The average molecular weight is 252 g/mol. The largest absolute Gasteiger partial charge is 0.532 e. The first-order chi connectivity index (χ1) is 8.27. The van der Waals surface area contributed by atoms with E-state index in [-0.39, 0.29) is 5.76 Å². The number of rotatable bonds is 2. The summed E-state index contributed by atoms with van der Waals surface area (Å²) in [6.45, 7) is 7.82. The Morgan fingerprint density at radius 2 is 1.72 bits per heavy atom. The second-order valence-corrected chi connectivity index (χ2v) is 5.28. The zero-order chi connectivity index (χ0) is 13.6. The Kier molecular flexibility index (Phi) is 3.03. The topological polar surface area (TPSA) is 57.9 Å². The lowest BCUT2D eigenvalue weighted by molar-refractivity contribution is 0.00578. The van der Waals surface area contributed by atoms with Crippen molar-refractivity contribution in [2.45, 2.75) is 38.9 Å². The van der Waals surface area contributed by atoms with Crippen molar-refractivity contribution >= 4 is 18.7 Å². The van der Waals surface area contributed by atoms with Gasteiger partial charge in [0, 0.05) is 0 Å². The van der Waals surface area contributed by atoms with Crippen molar-refractivity contribution in [1.82, 2.24) is 0 Å². The minimum Gasteiger partial charge on any atom is -0.463 e. The molecule has 1 saturated heterocycles. The zero-order valence-electron chi connectivity index (χ0n) is 11.3. The molecule has 6 heteroatoms. The summed E-state index contributed by atoms with van der Waals surface area (Å²) in [5.41, 5.74) is -0.403. The summed E-state index contributed by atoms with van der Waals surface area (Å²) in [5.74, 6) is -0.375. The summed E-state index contributed by atoms with van der Waals surface area (Å²) < 4.78 is 21.6. The fraction of sp³-hybridized carbons (Fsp3) is 0.583. The van der Waals surface area contributed by atoms with Gasteiger partial charge >= 0.3 is 13.1 Å². The van der Waals surface area contributed by atoms with Gasteiger partial charge in [0.2, 0.25) is 5.76 Å². The van der Waals surface area contributed by atoms with Gasteiger partial charge in [-0.1, -0.05) is 0 Å². The van der Waals surface area contributed by atoms with Gasteiger partial charge in [-0.2, -0.15) is 0 Å². The number of methoxy groups -OCH3 is 1. The second-order valence-electron chi connectivity index (χ2n) is 5.28. The molecule has 18 heavy (non-hydrogen) atoms. The van der Waals surface area contributed by atoms with Crippen molar-refractivity contribution in [2.75, 3.05) is 7.11 Å². The molecule has 1 aromatic rings. The van der Waals surface area contributed by atoms with Gasteiger partial charge in [-0.25, -0.2) is 4.79 Å². The van der Waals surface area contributed by atoms with E-state index in [9.17, 15) is 4.79 Å². The monoisotopic (exact) mass is 252 g/mol. The molecule has 0 bridgehead atoms. The Morgan fingerprint density at radius 3 is 2.22 bits per heavy atom. The van der Waals surface area contributed by atoms with Crippen molar-refractivity contribution in [3.8, 4) is 0 Å². The Hall–Kier alpha value is -1.27. The van der Waals surface area contributed by atoms with Crippen LogP contribution in [-0.2, 0) is 14.0 Å². The van der Waals surface area contributed by atoms with E-state index >= 15 is 0 Å². The fourth-order valence-electron chi connectivity index (χ4n) is 1.65. The van der Waals surface area contributed by atoms with Crippen LogP contribution in [0, 0.1) is 0 Å². The lowest BCUT2D eigenvalue weighted by atomic mass is 9.86. The summed E-state index contributed by atoms with van der Waals surface area (Å²) >= 11 is 0. The van der Waals surface area contributed by atoms with E-state index < -0.39 is 24.3 Å². The molecule has 0 amide bonds. The molecule has 0 radical (unpaired) electrons. The molecule has 0 aliphatic carbocycles. The van der Waals surface area contributed by atoms with Crippen LogP contribution >= 0.6 is 0 Å². The highest BCUT2D eigenvalue weighted by atomic mass is 16.7. The number of ether oxygens (including phenoxy) is 1. The number of hydrogen-bond donors (Lipinski definition) is 0. The Bertz CT molecular complexity index is 447. The van der Waals surface area contributed by atoms with Crippen LogP contribution in [0.5, 0.6) is 0 Å². The third-order valence-electron chi connectivity index (χ3n) is 3.50. The SMILES string of the molecule is COC(=O)c1ccc(B2OC(C)(C)C(C)(C)O2)o1.